The highest BCUT2D eigenvalue weighted by atomic mass is 16.4. The van der Waals surface area contributed by atoms with E-state index in [1.54, 1.807) is 6.07 Å². The highest BCUT2D eigenvalue weighted by Crippen LogP contribution is 2.13. The summed E-state index contributed by atoms with van der Waals surface area (Å²) < 4.78 is 0. The monoisotopic (exact) mass is 281 g/mol. The van der Waals surface area contributed by atoms with Crippen molar-refractivity contribution in [3.63, 3.8) is 0 Å². The fourth-order valence-corrected chi connectivity index (χ4v) is 2.20. The van der Waals surface area contributed by atoms with Gasteiger partial charge in [-0.3, -0.25) is 0 Å². The van der Waals surface area contributed by atoms with Crippen molar-refractivity contribution in [3.8, 4) is 0 Å². The molecule has 3 aromatic rings. The van der Waals surface area contributed by atoms with Gasteiger partial charge in [0.1, 0.15) is 5.82 Å². The Balaban J connectivity index is 1.78. The summed E-state index contributed by atoms with van der Waals surface area (Å²) in [6.45, 7) is 2.06. The zero-order valence-corrected chi connectivity index (χ0v) is 11.6. The molecule has 2 N–H and O–H groups in total. The standard InChI is InChI=1S/C16H15N3O2/c1-10-2-4-11(5-3-10)6-7-14-18-13-8-12(16(20)21)9-17-15(13)19-14/h2-5,8-9H,6-7H2,1H3,(H,20,21)(H,17,18,19). The van der Waals surface area contributed by atoms with Crippen molar-refractivity contribution in [1.29, 1.82) is 0 Å². The molecule has 1 aromatic carbocycles. The third-order valence-electron chi connectivity index (χ3n) is 3.40. The zero-order valence-electron chi connectivity index (χ0n) is 11.6. The van der Waals surface area contributed by atoms with Crippen LogP contribution in [-0.2, 0) is 12.8 Å². The molecule has 0 saturated heterocycles. The zero-order chi connectivity index (χ0) is 14.8. The molecule has 0 unspecified atom stereocenters. The summed E-state index contributed by atoms with van der Waals surface area (Å²) in [5.74, 6) is -0.166. The van der Waals surface area contributed by atoms with E-state index in [1.165, 1.54) is 17.3 Å². The molecular weight excluding hydrogens is 266 g/mol. The summed E-state index contributed by atoms with van der Waals surface area (Å²) in [6, 6.07) is 9.97. The lowest BCUT2D eigenvalue weighted by Gasteiger charge is -1.99. The minimum absolute atomic E-state index is 0.163. The number of imidazole rings is 1. The highest BCUT2D eigenvalue weighted by Gasteiger charge is 2.08. The number of carboxylic acid groups (broad SMARTS) is 1. The van der Waals surface area contributed by atoms with Gasteiger partial charge >= 0.3 is 5.97 Å². The van der Waals surface area contributed by atoms with Crippen molar-refractivity contribution in [1.82, 2.24) is 15.0 Å². The number of pyridine rings is 1. The summed E-state index contributed by atoms with van der Waals surface area (Å²) in [5, 5.41) is 8.95. The van der Waals surface area contributed by atoms with E-state index in [9.17, 15) is 4.79 Å². The van der Waals surface area contributed by atoms with Gasteiger partial charge in [0.25, 0.3) is 0 Å². The number of carbonyl (C=O) groups is 1. The smallest absolute Gasteiger partial charge is 0.337 e. The third kappa shape index (κ3) is 2.91. The maximum atomic E-state index is 10.9. The van der Waals surface area contributed by atoms with Crippen LogP contribution in [0.2, 0.25) is 0 Å². The van der Waals surface area contributed by atoms with Gasteiger partial charge in [-0.2, -0.15) is 0 Å². The number of H-pyrrole nitrogens is 1. The van der Waals surface area contributed by atoms with Gasteiger partial charge < -0.3 is 10.1 Å². The van der Waals surface area contributed by atoms with Crippen molar-refractivity contribution in [2.45, 2.75) is 19.8 Å². The van der Waals surface area contributed by atoms with E-state index in [-0.39, 0.29) is 5.56 Å². The molecule has 0 bridgehead atoms. The molecule has 0 radical (unpaired) electrons. The number of benzene rings is 1. The fraction of sp³-hybridized carbons (Fsp3) is 0.188. The average Bonchev–Trinajstić information content (AvgIpc) is 2.88. The second-order valence-corrected chi connectivity index (χ2v) is 5.07. The fourth-order valence-electron chi connectivity index (χ4n) is 2.20. The van der Waals surface area contributed by atoms with Crippen LogP contribution >= 0.6 is 0 Å². The van der Waals surface area contributed by atoms with E-state index in [4.69, 9.17) is 5.11 Å². The number of rotatable bonds is 4. The summed E-state index contributed by atoms with van der Waals surface area (Å²) in [7, 11) is 0. The van der Waals surface area contributed by atoms with Crippen LogP contribution in [0.25, 0.3) is 11.2 Å². The van der Waals surface area contributed by atoms with Crippen molar-refractivity contribution in [3.05, 3.63) is 59.0 Å². The molecule has 5 heteroatoms. The van der Waals surface area contributed by atoms with Gasteiger partial charge in [-0.1, -0.05) is 29.8 Å². The van der Waals surface area contributed by atoms with Crippen LogP contribution < -0.4 is 0 Å². The topological polar surface area (TPSA) is 78.9 Å². The molecular formula is C16H15N3O2. The highest BCUT2D eigenvalue weighted by molar-refractivity contribution is 5.90. The molecule has 0 aliphatic rings. The van der Waals surface area contributed by atoms with Gasteiger partial charge in [-0.25, -0.2) is 14.8 Å². The minimum Gasteiger partial charge on any atom is -0.478 e. The maximum absolute atomic E-state index is 10.9. The van der Waals surface area contributed by atoms with E-state index < -0.39 is 5.97 Å². The summed E-state index contributed by atoms with van der Waals surface area (Å²) >= 11 is 0. The minimum atomic E-state index is -0.986. The normalized spacial score (nSPS) is 10.9. The second-order valence-electron chi connectivity index (χ2n) is 5.07. The first-order chi connectivity index (χ1) is 10.1. The average molecular weight is 281 g/mol. The maximum Gasteiger partial charge on any atom is 0.337 e. The third-order valence-corrected chi connectivity index (χ3v) is 3.40. The molecule has 0 aliphatic carbocycles. The molecule has 0 aliphatic heterocycles. The van der Waals surface area contributed by atoms with Gasteiger partial charge in [-0.15, -0.1) is 0 Å². The molecule has 106 valence electrons. The lowest BCUT2D eigenvalue weighted by molar-refractivity contribution is 0.0696. The van der Waals surface area contributed by atoms with Crippen LogP contribution in [0.4, 0.5) is 0 Å². The Morgan fingerprint density at radius 3 is 2.71 bits per heavy atom. The van der Waals surface area contributed by atoms with E-state index in [0.29, 0.717) is 11.2 Å². The van der Waals surface area contributed by atoms with E-state index in [0.717, 1.165) is 18.7 Å². The first-order valence-corrected chi connectivity index (χ1v) is 6.75. The Labute approximate surface area is 121 Å². The van der Waals surface area contributed by atoms with Crippen LogP contribution in [0.5, 0.6) is 0 Å². The van der Waals surface area contributed by atoms with Gasteiger partial charge in [0, 0.05) is 12.6 Å². The van der Waals surface area contributed by atoms with Gasteiger partial charge in [0.2, 0.25) is 0 Å². The van der Waals surface area contributed by atoms with E-state index in [2.05, 4.69) is 46.1 Å². The quantitative estimate of drug-likeness (QED) is 0.770. The molecule has 0 amide bonds. The summed E-state index contributed by atoms with van der Waals surface area (Å²) in [6.07, 6.45) is 2.98. The summed E-state index contributed by atoms with van der Waals surface area (Å²) in [4.78, 5) is 22.5. The number of aryl methyl sites for hydroxylation is 3. The SMILES string of the molecule is Cc1ccc(CCc2nc3ncc(C(=O)O)cc3[nH]2)cc1. The summed E-state index contributed by atoms with van der Waals surface area (Å²) in [5.41, 5.74) is 3.87. The number of fused-ring (bicyclic) bond motifs is 1. The molecule has 0 saturated carbocycles. The predicted molar refractivity (Wildman–Crippen MR) is 79.4 cm³/mol. The Bertz CT molecular complexity index is 791. The van der Waals surface area contributed by atoms with Gasteiger partial charge in [-0.05, 0) is 25.0 Å². The molecule has 0 atom stereocenters. The number of aromatic carboxylic acids is 1. The Morgan fingerprint density at radius 2 is 2.00 bits per heavy atom. The molecule has 0 fully saturated rings. The number of aromatic nitrogens is 3. The lowest BCUT2D eigenvalue weighted by Crippen LogP contribution is -1.96. The largest absolute Gasteiger partial charge is 0.478 e. The molecule has 2 aromatic heterocycles. The van der Waals surface area contributed by atoms with Crippen LogP contribution in [0, 0.1) is 6.92 Å². The molecule has 5 nitrogen and oxygen atoms in total. The second kappa shape index (κ2) is 5.36. The molecule has 21 heavy (non-hydrogen) atoms. The number of nitrogens with one attached hydrogen (secondary N) is 1. The van der Waals surface area contributed by atoms with E-state index >= 15 is 0 Å². The van der Waals surface area contributed by atoms with Crippen LogP contribution in [0.1, 0.15) is 27.3 Å². The van der Waals surface area contributed by atoms with Crippen LogP contribution in [0.3, 0.4) is 0 Å². The van der Waals surface area contributed by atoms with Crippen LogP contribution in [-0.4, -0.2) is 26.0 Å². The van der Waals surface area contributed by atoms with Crippen LogP contribution in [0.15, 0.2) is 36.5 Å². The Hall–Kier alpha value is -2.69. The first kappa shape index (κ1) is 13.3. The first-order valence-electron chi connectivity index (χ1n) is 6.75. The van der Waals surface area contributed by atoms with Crippen molar-refractivity contribution in [2.75, 3.05) is 0 Å². The Morgan fingerprint density at radius 1 is 1.24 bits per heavy atom. The van der Waals surface area contributed by atoms with Crippen molar-refractivity contribution >= 4 is 17.1 Å². The van der Waals surface area contributed by atoms with Crippen molar-refractivity contribution < 1.29 is 9.90 Å². The van der Waals surface area contributed by atoms with E-state index in [1.807, 2.05) is 0 Å². The Kier molecular flexibility index (Phi) is 3.39. The lowest BCUT2D eigenvalue weighted by atomic mass is 10.1. The predicted octanol–water partition coefficient (Wildman–Crippen LogP) is 2.75. The van der Waals surface area contributed by atoms with Gasteiger partial charge in [0.05, 0.1) is 11.1 Å². The molecule has 3 rings (SSSR count). The number of aromatic amines is 1. The molecule has 0 spiro atoms. The van der Waals surface area contributed by atoms with Crippen molar-refractivity contribution in [2.24, 2.45) is 0 Å². The number of hydrogen-bond acceptors (Lipinski definition) is 3. The van der Waals surface area contributed by atoms with Gasteiger partial charge in [0.15, 0.2) is 5.65 Å². The number of nitrogens with zero attached hydrogens (tertiary/aromatic N) is 2. The number of carboxylic acids is 1. The number of hydrogen-bond donors (Lipinski definition) is 2. The molecule has 2 heterocycles.